The molecule has 3 N–H and O–H groups in total. The number of aromatic nitrogens is 2. The Balaban J connectivity index is 2.04. The molecule has 1 fully saturated rings. The molecule has 5 heteroatoms. The number of amides is 1. The third kappa shape index (κ3) is 2.56. The van der Waals surface area contributed by atoms with Crippen LogP contribution in [0.25, 0.3) is 0 Å². The van der Waals surface area contributed by atoms with Crippen LogP contribution in [-0.2, 0) is 4.79 Å². The van der Waals surface area contributed by atoms with E-state index in [1.807, 2.05) is 24.6 Å². The first-order valence-electron chi connectivity index (χ1n) is 6.68. The predicted octanol–water partition coefficient (Wildman–Crippen LogP) is 1.78. The first-order chi connectivity index (χ1) is 8.63. The van der Waals surface area contributed by atoms with Crippen molar-refractivity contribution >= 4 is 11.7 Å². The zero-order chi connectivity index (χ0) is 13.1. The molecule has 2 unspecified atom stereocenters. The largest absolute Gasteiger partial charge is 0.330 e. The van der Waals surface area contributed by atoms with Gasteiger partial charge >= 0.3 is 0 Å². The van der Waals surface area contributed by atoms with Gasteiger partial charge in [0.25, 0.3) is 0 Å². The van der Waals surface area contributed by atoms with Gasteiger partial charge < -0.3 is 11.1 Å². The van der Waals surface area contributed by atoms with Crippen LogP contribution in [0, 0.1) is 11.8 Å². The van der Waals surface area contributed by atoms with E-state index in [9.17, 15) is 4.79 Å². The third-order valence-corrected chi connectivity index (χ3v) is 3.71. The molecule has 1 aliphatic carbocycles. The molecule has 0 radical (unpaired) electrons. The molecule has 1 heterocycles. The summed E-state index contributed by atoms with van der Waals surface area (Å²) in [5, 5.41) is 7.20. The van der Waals surface area contributed by atoms with Crippen LogP contribution in [0.1, 0.15) is 39.2 Å². The van der Waals surface area contributed by atoms with E-state index in [1.165, 1.54) is 0 Å². The van der Waals surface area contributed by atoms with Gasteiger partial charge in [0, 0.05) is 18.0 Å². The standard InChI is InChI=1S/C13H22N4O/c1-9(2)17-12(6-7-15-17)16-13(18)11-5-3-4-10(11)8-14/h6-7,9-11H,3-5,8,14H2,1-2H3,(H,16,18). The molecule has 2 atom stereocenters. The van der Waals surface area contributed by atoms with Crippen molar-refractivity contribution in [2.45, 2.75) is 39.2 Å². The molecule has 0 bridgehead atoms. The summed E-state index contributed by atoms with van der Waals surface area (Å²) in [6.45, 7) is 4.68. The number of nitrogens with two attached hydrogens (primary N) is 1. The molecule has 5 nitrogen and oxygen atoms in total. The summed E-state index contributed by atoms with van der Waals surface area (Å²) in [7, 11) is 0. The maximum absolute atomic E-state index is 12.2. The topological polar surface area (TPSA) is 72.9 Å². The van der Waals surface area contributed by atoms with Gasteiger partial charge in [-0.15, -0.1) is 0 Å². The predicted molar refractivity (Wildman–Crippen MR) is 71.1 cm³/mol. The lowest BCUT2D eigenvalue weighted by atomic mass is 9.95. The number of anilines is 1. The maximum atomic E-state index is 12.2. The Hall–Kier alpha value is -1.36. The van der Waals surface area contributed by atoms with E-state index in [0.29, 0.717) is 12.5 Å². The Morgan fingerprint density at radius 3 is 3.06 bits per heavy atom. The van der Waals surface area contributed by atoms with Crippen LogP contribution >= 0.6 is 0 Å². The number of hydrogen-bond acceptors (Lipinski definition) is 3. The van der Waals surface area contributed by atoms with E-state index in [-0.39, 0.29) is 17.9 Å². The Labute approximate surface area is 108 Å². The molecular formula is C13H22N4O. The molecule has 2 rings (SSSR count). The summed E-state index contributed by atoms with van der Waals surface area (Å²) in [4.78, 5) is 12.2. The minimum Gasteiger partial charge on any atom is -0.330 e. The van der Waals surface area contributed by atoms with Gasteiger partial charge in [-0.25, -0.2) is 4.68 Å². The van der Waals surface area contributed by atoms with Gasteiger partial charge in [-0.3, -0.25) is 4.79 Å². The first kappa shape index (κ1) is 13.1. The molecule has 0 aromatic carbocycles. The lowest BCUT2D eigenvalue weighted by Crippen LogP contribution is -2.30. The minimum atomic E-state index is 0.0607. The van der Waals surface area contributed by atoms with Gasteiger partial charge in [-0.2, -0.15) is 5.10 Å². The number of carbonyl (C=O) groups is 1. The molecule has 1 aromatic rings. The average Bonchev–Trinajstić information content (AvgIpc) is 2.96. The normalized spacial score (nSPS) is 23.6. The Morgan fingerprint density at radius 1 is 1.61 bits per heavy atom. The lowest BCUT2D eigenvalue weighted by Gasteiger charge is -2.18. The molecule has 1 amide bonds. The van der Waals surface area contributed by atoms with E-state index in [0.717, 1.165) is 25.1 Å². The Morgan fingerprint density at radius 2 is 2.39 bits per heavy atom. The molecule has 0 saturated heterocycles. The van der Waals surface area contributed by atoms with Crippen LogP contribution in [-0.4, -0.2) is 22.2 Å². The highest BCUT2D eigenvalue weighted by molar-refractivity contribution is 5.92. The van der Waals surface area contributed by atoms with Crippen LogP contribution in [0.3, 0.4) is 0 Å². The van der Waals surface area contributed by atoms with Crippen molar-refractivity contribution < 1.29 is 4.79 Å². The van der Waals surface area contributed by atoms with Crippen molar-refractivity contribution in [1.29, 1.82) is 0 Å². The van der Waals surface area contributed by atoms with E-state index >= 15 is 0 Å². The van der Waals surface area contributed by atoms with E-state index in [1.54, 1.807) is 6.20 Å². The first-order valence-corrected chi connectivity index (χ1v) is 6.68. The van der Waals surface area contributed by atoms with E-state index in [2.05, 4.69) is 10.4 Å². The smallest absolute Gasteiger partial charge is 0.228 e. The molecule has 1 aliphatic rings. The fourth-order valence-corrected chi connectivity index (χ4v) is 2.71. The van der Waals surface area contributed by atoms with Gasteiger partial charge in [0.05, 0.1) is 6.20 Å². The van der Waals surface area contributed by atoms with Gasteiger partial charge in [0.1, 0.15) is 5.82 Å². The number of rotatable bonds is 4. The monoisotopic (exact) mass is 250 g/mol. The summed E-state index contributed by atoms with van der Waals surface area (Å²) >= 11 is 0. The van der Waals surface area contributed by atoms with Crippen molar-refractivity contribution in [3.63, 3.8) is 0 Å². The van der Waals surface area contributed by atoms with Gasteiger partial charge in [0.15, 0.2) is 0 Å². The zero-order valence-electron chi connectivity index (χ0n) is 11.1. The number of nitrogens with zero attached hydrogens (tertiary/aromatic N) is 2. The van der Waals surface area contributed by atoms with Crippen LogP contribution in [0.4, 0.5) is 5.82 Å². The zero-order valence-corrected chi connectivity index (χ0v) is 11.1. The fraction of sp³-hybridized carbons (Fsp3) is 0.692. The quantitative estimate of drug-likeness (QED) is 0.855. The molecule has 1 saturated carbocycles. The van der Waals surface area contributed by atoms with Crippen LogP contribution < -0.4 is 11.1 Å². The van der Waals surface area contributed by atoms with Crippen molar-refractivity contribution in [1.82, 2.24) is 9.78 Å². The second kappa shape index (κ2) is 5.52. The second-order valence-electron chi connectivity index (χ2n) is 5.28. The lowest BCUT2D eigenvalue weighted by molar-refractivity contribution is -0.120. The van der Waals surface area contributed by atoms with Crippen molar-refractivity contribution in [3.05, 3.63) is 12.3 Å². The SMILES string of the molecule is CC(C)n1nccc1NC(=O)C1CCCC1CN. The summed E-state index contributed by atoms with van der Waals surface area (Å²) in [5.41, 5.74) is 5.72. The Bertz CT molecular complexity index is 413. The maximum Gasteiger partial charge on any atom is 0.228 e. The van der Waals surface area contributed by atoms with Crippen molar-refractivity contribution in [3.8, 4) is 0 Å². The summed E-state index contributed by atoms with van der Waals surface area (Å²) in [5.74, 6) is 1.26. The van der Waals surface area contributed by atoms with Crippen molar-refractivity contribution in [2.24, 2.45) is 17.6 Å². The van der Waals surface area contributed by atoms with Crippen LogP contribution in [0.5, 0.6) is 0 Å². The molecule has 0 spiro atoms. The van der Waals surface area contributed by atoms with Crippen molar-refractivity contribution in [2.75, 3.05) is 11.9 Å². The summed E-state index contributed by atoms with van der Waals surface area (Å²) in [6, 6.07) is 2.08. The highest BCUT2D eigenvalue weighted by Gasteiger charge is 2.32. The number of hydrogen-bond donors (Lipinski definition) is 2. The molecule has 0 aliphatic heterocycles. The van der Waals surface area contributed by atoms with E-state index < -0.39 is 0 Å². The van der Waals surface area contributed by atoms with Crippen LogP contribution in [0.15, 0.2) is 12.3 Å². The Kier molecular flexibility index (Phi) is 4.01. The molecular weight excluding hydrogens is 228 g/mol. The minimum absolute atomic E-state index is 0.0607. The number of nitrogens with one attached hydrogen (secondary N) is 1. The molecule has 18 heavy (non-hydrogen) atoms. The van der Waals surface area contributed by atoms with Gasteiger partial charge in [-0.1, -0.05) is 6.42 Å². The highest BCUT2D eigenvalue weighted by Crippen LogP contribution is 2.31. The summed E-state index contributed by atoms with van der Waals surface area (Å²) in [6.07, 6.45) is 4.83. The van der Waals surface area contributed by atoms with Gasteiger partial charge in [0.2, 0.25) is 5.91 Å². The highest BCUT2D eigenvalue weighted by atomic mass is 16.2. The number of carbonyl (C=O) groups excluding carboxylic acids is 1. The summed E-state index contributed by atoms with van der Waals surface area (Å²) < 4.78 is 1.82. The molecule has 1 aromatic heterocycles. The van der Waals surface area contributed by atoms with Gasteiger partial charge in [-0.05, 0) is 39.2 Å². The van der Waals surface area contributed by atoms with Crippen LogP contribution in [0.2, 0.25) is 0 Å². The third-order valence-electron chi connectivity index (χ3n) is 3.71. The molecule has 100 valence electrons. The average molecular weight is 250 g/mol. The second-order valence-corrected chi connectivity index (χ2v) is 5.28. The fourth-order valence-electron chi connectivity index (χ4n) is 2.71. The van der Waals surface area contributed by atoms with E-state index in [4.69, 9.17) is 5.73 Å².